The van der Waals surface area contributed by atoms with Crippen molar-refractivity contribution in [2.75, 3.05) is 55.9 Å². The molecule has 0 radical (unpaired) electrons. The number of fused-ring (bicyclic) bond motifs is 1. The highest BCUT2D eigenvalue weighted by molar-refractivity contribution is 6.02. The normalized spacial score (nSPS) is 14.1. The molecule has 0 aliphatic carbocycles. The monoisotopic (exact) mass is 523 g/mol. The minimum Gasteiger partial charge on any atom is -0.494 e. The van der Waals surface area contributed by atoms with Gasteiger partial charge >= 0.3 is 0 Å². The number of nitrogens with one attached hydrogen (secondary N) is 2. The molecule has 9 nitrogen and oxygen atoms in total. The number of anilines is 4. The first-order chi connectivity index (χ1) is 19.0. The Morgan fingerprint density at radius 2 is 1.87 bits per heavy atom. The molecule has 0 atom stereocenters. The topological polar surface area (TPSA) is 87.5 Å². The Labute approximate surface area is 228 Å². The van der Waals surface area contributed by atoms with E-state index < -0.39 is 0 Å². The van der Waals surface area contributed by atoms with Gasteiger partial charge in [0.25, 0.3) is 0 Å². The second-order valence-electron chi connectivity index (χ2n) is 9.51. The molecule has 1 aliphatic heterocycles. The number of hydrogen-bond donors (Lipinski definition) is 2. The number of hydrogen-bond acceptors (Lipinski definition) is 7. The van der Waals surface area contributed by atoms with Crippen LogP contribution < -0.4 is 20.3 Å². The third-order valence-electron chi connectivity index (χ3n) is 6.88. The second kappa shape index (κ2) is 11.4. The second-order valence-corrected chi connectivity index (χ2v) is 9.51. The summed E-state index contributed by atoms with van der Waals surface area (Å²) in [5.41, 5.74) is 5.18. The van der Waals surface area contributed by atoms with Gasteiger partial charge in [-0.2, -0.15) is 0 Å². The third-order valence-corrected chi connectivity index (χ3v) is 6.88. The average Bonchev–Trinajstić information content (AvgIpc) is 3.29. The van der Waals surface area contributed by atoms with Crippen molar-refractivity contribution in [2.45, 2.75) is 0 Å². The van der Waals surface area contributed by atoms with Crippen LogP contribution >= 0.6 is 0 Å². The molecule has 1 aliphatic rings. The highest BCUT2D eigenvalue weighted by atomic mass is 16.5. The molecule has 39 heavy (non-hydrogen) atoms. The number of carbonyl (C=O) groups is 1. The molecule has 0 spiro atoms. The van der Waals surface area contributed by atoms with E-state index in [0.717, 1.165) is 54.0 Å². The molecule has 0 saturated carbocycles. The van der Waals surface area contributed by atoms with Gasteiger partial charge in [0, 0.05) is 74.2 Å². The molecule has 2 aromatic heterocycles. The molecular formula is C30H33N7O2. The Kier molecular flexibility index (Phi) is 7.60. The number of benzene rings is 2. The van der Waals surface area contributed by atoms with Crippen LogP contribution in [0.4, 0.5) is 23.0 Å². The number of methoxy groups -OCH3 is 1. The molecular weight excluding hydrogens is 490 g/mol. The van der Waals surface area contributed by atoms with E-state index in [-0.39, 0.29) is 5.91 Å². The van der Waals surface area contributed by atoms with E-state index in [1.165, 1.54) is 6.08 Å². The third kappa shape index (κ3) is 5.63. The Bertz CT molecular complexity index is 1530. The summed E-state index contributed by atoms with van der Waals surface area (Å²) in [6.07, 6.45) is 8.45. The number of aromatic nitrogens is 3. The van der Waals surface area contributed by atoms with Crippen LogP contribution in [0.3, 0.4) is 0 Å². The number of rotatable bonds is 8. The predicted octanol–water partition coefficient (Wildman–Crippen LogP) is 4.82. The van der Waals surface area contributed by atoms with Gasteiger partial charge < -0.3 is 29.7 Å². The fourth-order valence-corrected chi connectivity index (χ4v) is 4.81. The van der Waals surface area contributed by atoms with Crippen LogP contribution in [0.25, 0.3) is 22.2 Å². The number of para-hydroxylation sites is 1. The van der Waals surface area contributed by atoms with E-state index in [4.69, 9.17) is 9.72 Å². The molecule has 0 unspecified atom stereocenters. The van der Waals surface area contributed by atoms with Crippen molar-refractivity contribution >= 4 is 39.8 Å². The maximum Gasteiger partial charge on any atom is 0.248 e. The Morgan fingerprint density at radius 3 is 2.64 bits per heavy atom. The summed E-state index contributed by atoms with van der Waals surface area (Å²) in [6, 6.07) is 14.0. The van der Waals surface area contributed by atoms with Gasteiger partial charge in [-0.05, 0) is 25.2 Å². The summed E-state index contributed by atoms with van der Waals surface area (Å²) in [5, 5.41) is 7.46. The van der Waals surface area contributed by atoms with Gasteiger partial charge in [-0.25, -0.2) is 9.97 Å². The van der Waals surface area contributed by atoms with E-state index in [1.54, 1.807) is 25.5 Å². The van der Waals surface area contributed by atoms with Gasteiger partial charge in [0.05, 0.1) is 29.9 Å². The summed E-state index contributed by atoms with van der Waals surface area (Å²) in [7, 11) is 5.77. The predicted molar refractivity (Wildman–Crippen MR) is 158 cm³/mol. The molecule has 1 fully saturated rings. The molecule has 1 amide bonds. The van der Waals surface area contributed by atoms with Gasteiger partial charge in [-0.3, -0.25) is 4.79 Å². The van der Waals surface area contributed by atoms with Crippen molar-refractivity contribution in [3.63, 3.8) is 0 Å². The molecule has 9 heteroatoms. The van der Waals surface area contributed by atoms with E-state index in [1.807, 2.05) is 37.4 Å². The average molecular weight is 524 g/mol. The fourth-order valence-electron chi connectivity index (χ4n) is 4.81. The molecule has 1 saturated heterocycles. The molecule has 200 valence electrons. The zero-order chi connectivity index (χ0) is 27.4. The minimum absolute atomic E-state index is 0.240. The quantitative estimate of drug-likeness (QED) is 0.253. The van der Waals surface area contributed by atoms with Gasteiger partial charge in [0.1, 0.15) is 5.75 Å². The highest BCUT2D eigenvalue weighted by Gasteiger charge is 2.21. The molecule has 5 rings (SSSR count). The van der Waals surface area contributed by atoms with E-state index in [0.29, 0.717) is 23.1 Å². The minimum atomic E-state index is -0.240. The summed E-state index contributed by atoms with van der Waals surface area (Å²) >= 11 is 0. The Balaban J connectivity index is 1.51. The number of carbonyl (C=O) groups excluding carboxylic acids is 1. The zero-order valence-corrected chi connectivity index (χ0v) is 22.5. The van der Waals surface area contributed by atoms with Crippen LogP contribution in [0.15, 0.2) is 79.7 Å². The number of piperazine rings is 1. The first kappa shape index (κ1) is 26.0. The first-order valence-corrected chi connectivity index (χ1v) is 12.9. The first-order valence-electron chi connectivity index (χ1n) is 12.9. The van der Waals surface area contributed by atoms with Gasteiger partial charge in [0.2, 0.25) is 11.9 Å². The van der Waals surface area contributed by atoms with Crippen LogP contribution in [0, 0.1) is 0 Å². The van der Waals surface area contributed by atoms with E-state index >= 15 is 0 Å². The zero-order valence-electron chi connectivity index (χ0n) is 22.5. The van der Waals surface area contributed by atoms with Crippen molar-refractivity contribution < 1.29 is 9.53 Å². The van der Waals surface area contributed by atoms with Crippen LogP contribution in [-0.4, -0.2) is 65.7 Å². The number of aryl methyl sites for hydroxylation is 1. The number of amides is 1. The number of likely N-dealkylation sites (N-methyl/N-ethyl adjacent to an activating group) is 1. The SMILES string of the molecule is C=C/C=C/C(=O)Nc1cc(Nc2nccc(-c3cn(C)c4ccccc34)n2)c(OC)cc1N1CCN(C)CC1. The summed E-state index contributed by atoms with van der Waals surface area (Å²) < 4.78 is 7.87. The molecule has 3 heterocycles. The van der Waals surface area contributed by atoms with Crippen molar-refractivity contribution in [1.29, 1.82) is 0 Å². The van der Waals surface area contributed by atoms with E-state index in [9.17, 15) is 4.79 Å². The summed E-state index contributed by atoms with van der Waals surface area (Å²) in [5.74, 6) is 0.813. The highest BCUT2D eigenvalue weighted by Crippen LogP contribution is 2.39. The van der Waals surface area contributed by atoms with Crippen LogP contribution in [0.5, 0.6) is 5.75 Å². The Morgan fingerprint density at radius 1 is 1.08 bits per heavy atom. The van der Waals surface area contributed by atoms with E-state index in [2.05, 4.69) is 61.9 Å². The standard InChI is InChI=1S/C30H33N7O2/c1-5-6-11-29(38)32-24-18-25(28(39-4)19-27(24)37-16-14-35(2)15-17-37)34-30-31-13-12-23(33-30)22-20-36(3)26-10-8-7-9-21(22)26/h5-13,18-20H,1,14-17H2,2-4H3,(H,32,38)(H,31,33,34)/b11-6+. The molecule has 4 aromatic rings. The van der Waals surface area contributed by atoms with Gasteiger partial charge in [-0.15, -0.1) is 0 Å². The fraction of sp³-hybridized carbons (Fsp3) is 0.233. The Hall–Kier alpha value is -4.63. The lowest BCUT2D eigenvalue weighted by atomic mass is 10.1. The lowest BCUT2D eigenvalue weighted by Gasteiger charge is -2.35. The van der Waals surface area contributed by atoms with Gasteiger partial charge in [0.15, 0.2) is 0 Å². The van der Waals surface area contributed by atoms with Crippen LogP contribution in [0.2, 0.25) is 0 Å². The number of allylic oxidation sites excluding steroid dienone is 2. The van der Waals surface area contributed by atoms with Crippen molar-refractivity contribution in [2.24, 2.45) is 7.05 Å². The smallest absolute Gasteiger partial charge is 0.248 e. The molecule has 0 bridgehead atoms. The molecule has 2 N–H and O–H groups in total. The maximum absolute atomic E-state index is 12.6. The van der Waals surface area contributed by atoms with Crippen molar-refractivity contribution in [1.82, 2.24) is 19.4 Å². The van der Waals surface area contributed by atoms with Crippen LogP contribution in [0.1, 0.15) is 0 Å². The number of nitrogens with zero attached hydrogens (tertiary/aromatic N) is 5. The molecule has 2 aromatic carbocycles. The van der Waals surface area contributed by atoms with Crippen molar-refractivity contribution in [3.05, 3.63) is 79.7 Å². The summed E-state index contributed by atoms with van der Waals surface area (Å²) in [4.78, 5) is 26.5. The lowest BCUT2D eigenvalue weighted by molar-refractivity contribution is -0.111. The number of ether oxygens (including phenoxy) is 1. The van der Waals surface area contributed by atoms with Gasteiger partial charge in [-0.1, -0.05) is 36.9 Å². The van der Waals surface area contributed by atoms with Crippen LogP contribution in [-0.2, 0) is 11.8 Å². The summed E-state index contributed by atoms with van der Waals surface area (Å²) in [6.45, 7) is 7.19. The lowest BCUT2D eigenvalue weighted by Crippen LogP contribution is -2.44. The van der Waals surface area contributed by atoms with Crippen molar-refractivity contribution in [3.8, 4) is 17.0 Å². The maximum atomic E-state index is 12.6. The largest absolute Gasteiger partial charge is 0.494 e.